The molecule has 1 aliphatic heterocycles. The molecule has 0 spiro atoms. The van der Waals surface area contributed by atoms with Crippen LogP contribution in [-0.4, -0.2) is 44.7 Å². The van der Waals surface area contributed by atoms with Crippen LogP contribution < -0.4 is 0 Å². The first kappa shape index (κ1) is 12.2. The minimum absolute atomic E-state index is 0.0278. The number of hydrogen-bond donors (Lipinski definition) is 1. The van der Waals surface area contributed by atoms with E-state index in [0.717, 1.165) is 24.8 Å². The van der Waals surface area contributed by atoms with Crippen molar-refractivity contribution < 1.29 is 9.90 Å². The molecule has 1 amide bonds. The van der Waals surface area contributed by atoms with Crippen molar-refractivity contribution in [3.63, 3.8) is 0 Å². The number of amides is 1. The molecule has 0 saturated carbocycles. The molecule has 1 N–H and O–H groups in total. The second kappa shape index (κ2) is 5.01. The normalized spacial score (nSPS) is 19.8. The fraction of sp³-hybridized carbons (Fsp3) is 0.429. The zero-order valence-electron chi connectivity index (χ0n) is 10.7. The van der Waals surface area contributed by atoms with Crippen LogP contribution in [0.25, 0.3) is 5.52 Å². The standard InChI is InChI=1S/C14H17N3O2/c18-10-11-5-1-3-7-16(11)14(19)12-9-15-17-8-4-2-6-13(12)17/h2,4,6,8-9,11,18H,1,3,5,7,10H2. The number of carbonyl (C=O) groups is 1. The largest absolute Gasteiger partial charge is 0.394 e. The van der Waals surface area contributed by atoms with E-state index in [2.05, 4.69) is 5.10 Å². The molecule has 2 aromatic rings. The highest BCUT2D eigenvalue weighted by Gasteiger charge is 2.28. The van der Waals surface area contributed by atoms with E-state index in [1.807, 2.05) is 24.4 Å². The first-order valence-electron chi connectivity index (χ1n) is 6.65. The molecule has 1 atom stereocenters. The Bertz CT molecular complexity index is 593. The lowest BCUT2D eigenvalue weighted by molar-refractivity contribution is 0.0505. The van der Waals surface area contributed by atoms with Crippen LogP contribution in [-0.2, 0) is 0 Å². The lowest BCUT2D eigenvalue weighted by Gasteiger charge is -2.34. The summed E-state index contributed by atoms with van der Waals surface area (Å²) in [7, 11) is 0. The van der Waals surface area contributed by atoms with E-state index in [4.69, 9.17) is 0 Å². The van der Waals surface area contributed by atoms with Gasteiger partial charge in [-0.3, -0.25) is 4.79 Å². The molecule has 5 heteroatoms. The van der Waals surface area contributed by atoms with Gasteiger partial charge in [0.25, 0.3) is 5.91 Å². The van der Waals surface area contributed by atoms with Crippen LogP contribution in [0.3, 0.4) is 0 Å². The summed E-state index contributed by atoms with van der Waals surface area (Å²) in [6, 6.07) is 5.61. The SMILES string of the molecule is O=C(c1cnn2ccccc12)N1CCCCC1CO. The van der Waals surface area contributed by atoms with Crippen molar-refractivity contribution in [3.8, 4) is 0 Å². The van der Waals surface area contributed by atoms with Crippen molar-refractivity contribution in [3.05, 3.63) is 36.2 Å². The molecular weight excluding hydrogens is 242 g/mol. The summed E-state index contributed by atoms with van der Waals surface area (Å²) < 4.78 is 1.70. The van der Waals surface area contributed by atoms with Crippen LogP contribution in [0.15, 0.2) is 30.6 Å². The molecule has 2 aromatic heterocycles. The van der Waals surface area contributed by atoms with Gasteiger partial charge in [0.1, 0.15) is 0 Å². The number of fused-ring (bicyclic) bond motifs is 1. The van der Waals surface area contributed by atoms with Gasteiger partial charge >= 0.3 is 0 Å². The summed E-state index contributed by atoms with van der Waals surface area (Å²) in [5, 5.41) is 13.6. The first-order chi connectivity index (χ1) is 9.31. The minimum Gasteiger partial charge on any atom is -0.394 e. The van der Waals surface area contributed by atoms with Crippen LogP contribution in [0.1, 0.15) is 29.6 Å². The molecule has 3 rings (SSSR count). The van der Waals surface area contributed by atoms with Crippen LogP contribution in [0.5, 0.6) is 0 Å². The third-order valence-electron chi connectivity index (χ3n) is 3.76. The zero-order valence-corrected chi connectivity index (χ0v) is 10.7. The summed E-state index contributed by atoms with van der Waals surface area (Å²) in [6.07, 6.45) is 6.39. The topological polar surface area (TPSA) is 57.8 Å². The molecule has 5 nitrogen and oxygen atoms in total. The molecule has 1 fully saturated rings. The van der Waals surface area contributed by atoms with Gasteiger partial charge in [-0.2, -0.15) is 5.10 Å². The number of carbonyl (C=O) groups excluding carboxylic acids is 1. The van der Waals surface area contributed by atoms with Crippen molar-refractivity contribution in [2.45, 2.75) is 25.3 Å². The predicted octanol–water partition coefficient (Wildman–Crippen LogP) is 1.32. The number of piperidine rings is 1. The second-order valence-electron chi connectivity index (χ2n) is 4.92. The third kappa shape index (κ3) is 2.10. The Morgan fingerprint density at radius 2 is 2.32 bits per heavy atom. The van der Waals surface area contributed by atoms with E-state index in [0.29, 0.717) is 12.1 Å². The minimum atomic E-state index is -0.0556. The quantitative estimate of drug-likeness (QED) is 0.885. The van der Waals surface area contributed by atoms with E-state index in [9.17, 15) is 9.90 Å². The van der Waals surface area contributed by atoms with Crippen LogP contribution in [0, 0.1) is 0 Å². The molecule has 19 heavy (non-hydrogen) atoms. The fourth-order valence-electron chi connectivity index (χ4n) is 2.71. The van der Waals surface area contributed by atoms with Gasteiger partial charge in [0.15, 0.2) is 0 Å². The number of rotatable bonds is 2. The van der Waals surface area contributed by atoms with Gasteiger partial charge in [0, 0.05) is 12.7 Å². The highest BCUT2D eigenvalue weighted by atomic mass is 16.3. The average Bonchev–Trinajstić information content (AvgIpc) is 2.90. The van der Waals surface area contributed by atoms with Gasteiger partial charge in [-0.15, -0.1) is 0 Å². The number of hydrogen-bond acceptors (Lipinski definition) is 3. The number of aliphatic hydroxyl groups is 1. The van der Waals surface area contributed by atoms with E-state index >= 15 is 0 Å². The maximum atomic E-state index is 12.6. The maximum absolute atomic E-state index is 12.6. The Labute approximate surface area is 111 Å². The van der Waals surface area contributed by atoms with Crippen molar-refractivity contribution in [2.24, 2.45) is 0 Å². The lowest BCUT2D eigenvalue weighted by atomic mass is 10.0. The molecule has 0 aliphatic carbocycles. The van der Waals surface area contributed by atoms with Gasteiger partial charge in [0.2, 0.25) is 0 Å². The molecule has 0 aromatic carbocycles. The Balaban J connectivity index is 1.94. The summed E-state index contributed by atoms with van der Waals surface area (Å²) in [4.78, 5) is 14.4. The van der Waals surface area contributed by atoms with Gasteiger partial charge in [-0.1, -0.05) is 6.07 Å². The summed E-state index contributed by atoms with van der Waals surface area (Å²) >= 11 is 0. The lowest BCUT2D eigenvalue weighted by Crippen LogP contribution is -2.45. The van der Waals surface area contributed by atoms with Gasteiger partial charge < -0.3 is 10.0 Å². The Morgan fingerprint density at radius 1 is 1.42 bits per heavy atom. The van der Waals surface area contributed by atoms with E-state index in [-0.39, 0.29) is 18.6 Å². The molecular formula is C14H17N3O2. The van der Waals surface area contributed by atoms with Crippen molar-refractivity contribution in [1.29, 1.82) is 0 Å². The molecule has 1 unspecified atom stereocenters. The molecule has 100 valence electrons. The smallest absolute Gasteiger partial charge is 0.258 e. The average molecular weight is 259 g/mol. The maximum Gasteiger partial charge on any atom is 0.258 e. The van der Waals surface area contributed by atoms with Crippen LogP contribution in [0.2, 0.25) is 0 Å². The summed E-state index contributed by atoms with van der Waals surface area (Å²) in [6.45, 7) is 0.749. The molecule has 1 saturated heterocycles. The van der Waals surface area contributed by atoms with E-state index in [1.165, 1.54) is 0 Å². The third-order valence-corrected chi connectivity index (χ3v) is 3.76. The van der Waals surface area contributed by atoms with E-state index < -0.39 is 0 Å². The van der Waals surface area contributed by atoms with E-state index in [1.54, 1.807) is 15.6 Å². The zero-order chi connectivity index (χ0) is 13.2. The molecule has 0 radical (unpaired) electrons. The van der Waals surface area contributed by atoms with Gasteiger partial charge in [0.05, 0.1) is 29.9 Å². The van der Waals surface area contributed by atoms with Crippen molar-refractivity contribution >= 4 is 11.4 Å². The molecule has 3 heterocycles. The van der Waals surface area contributed by atoms with Crippen LogP contribution >= 0.6 is 0 Å². The van der Waals surface area contributed by atoms with Gasteiger partial charge in [-0.25, -0.2) is 4.52 Å². The number of aromatic nitrogens is 2. The Kier molecular flexibility index (Phi) is 3.21. The molecule has 1 aliphatic rings. The number of aliphatic hydroxyl groups excluding tert-OH is 1. The molecule has 0 bridgehead atoms. The van der Waals surface area contributed by atoms with Crippen molar-refractivity contribution in [1.82, 2.24) is 14.5 Å². The van der Waals surface area contributed by atoms with Crippen molar-refractivity contribution in [2.75, 3.05) is 13.2 Å². The fourth-order valence-corrected chi connectivity index (χ4v) is 2.71. The van der Waals surface area contributed by atoms with Crippen LogP contribution in [0.4, 0.5) is 0 Å². The predicted molar refractivity (Wildman–Crippen MR) is 71.0 cm³/mol. The van der Waals surface area contributed by atoms with Gasteiger partial charge in [-0.05, 0) is 31.4 Å². The first-order valence-corrected chi connectivity index (χ1v) is 6.65. The highest BCUT2D eigenvalue weighted by Crippen LogP contribution is 2.21. The second-order valence-corrected chi connectivity index (χ2v) is 4.92. The summed E-state index contributed by atoms with van der Waals surface area (Å²) in [5.41, 5.74) is 1.43. The number of likely N-dealkylation sites (tertiary alicyclic amines) is 1. The Morgan fingerprint density at radius 3 is 3.16 bits per heavy atom. The monoisotopic (exact) mass is 259 g/mol. The number of nitrogens with zero attached hydrogens (tertiary/aromatic N) is 3. The highest BCUT2D eigenvalue weighted by molar-refractivity contribution is 6.00. The summed E-state index contributed by atoms with van der Waals surface area (Å²) in [5.74, 6) is -0.0278. The number of pyridine rings is 1. The Hall–Kier alpha value is -1.88.